The third kappa shape index (κ3) is 6.51. The predicted octanol–water partition coefficient (Wildman–Crippen LogP) is 4.67. The molecule has 2 rings (SSSR count). The molecule has 0 radical (unpaired) electrons. The van der Waals surface area contributed by atoms with Crippen LogP contribution in [-0.4, -0.2) is 18.0 Å². The van der Waals surface area contributed by atoms with Crippen LogP contribution in [0.3, 0.4) is 0 Å². The van der Waals surface area contributed by atoms with Gasteiger partial charge in [-0.2, -0.15) is 0 Å². The minimum Gasteiger partial charge on any atom is -0.443 e. The monoisotopic (exact) mass is 476 g/mol. The van der Waals surface area contributed by atoms with Gasteiger partial charge in [-0.05, 0) is 24.6 Å². The molecule has 0 saturated carbocycles. The van der Waals surface area contributed by atoms with Crippen LogP contribution < -0.4 is 10.6 Å². The molecular formula is C18H26ClIN4O. The Labute approximate surface area is 171 Å². The molecule has 2 N–H and O–H groups in total. The fraction of sp³-hybridized carbons (Fsp3) is 0.444. The van der Waals surface area contributed by atoms with Gasteiger partial charge in [-0.25, -0.2) is 4.98 Å². The molecule has 0 bridgehead atoms. The second-order valence-corrected chi connectivity index (χ2v) is 7.15. The van der Waals surface area contributed by atoms with Crippen LogP contribution >= 0.6 is 35.6 Å². The summed E-state index contributed by atoms with van der Waals surface area (Å²) >= 11 is 5.93. The third-order valence-electron chi connectivity index (χ3n) is 3.65. The summed E-state index contributed by atoms with van der Waals surface area (Å²) in [6.07, 6.45) is 1.78. The number of hydrogen-bond acceptors (Lipinski definition) is 3. The van der Waals surface area contributed by atoms with Crippen LogP contribution in [0.15, 0.2) is 39.9 Å². The fourth-order valence-electron chi connectivity index (χ4n) is 2.13. The van der Waals surface area contributed by atoms with Gasteiger partial charge in [0.15, 0.2) is 5.96 Å². The first-order valence-corrected chi connectivity index (χ1v) is 8.35. The molecule has 0 spiro atoms. The van der Waals surface area contributed by atoms with Crippen molar-refractivity contribution >= 4 is 41.5 Å². The van der Waals surface area contributed by atoms with Crippen LogP contribution in [0.1, 0.15) is 51.0 Å². The van der Waals surface area contributed by atoms with Gasteiger partial charge in [0.25, 0.3) is 0 Å². The van der Waals surface area contributed by atoms with Crippen molar-refractivity contribution in [3.05, 3.63) is 52.7 Å². The van der Waals surface area contributed by atoms with Gasteiger partial charge in [0.1, 0.15) is 5.76 Å². The summed E-state index contributed by atoms with van der Waals surface area (Å²) < 4.78 is 5.77. The number of hydrogen-bond donors (Lipinski definition) is 2. The van der Waals surface area contributed by atoms with Gasteiger partial charge in [-0.3, -0.25) is 4.99 Å². The Bertz CT molecular complexity index is 692. The van der Waals surface area contributed by atoms with Crippen molar-refractivity contribution in [1.29, 1.82) is 0 Å². The Balaban J connectivity index is 0.00000312. The van der Waals surface area contributed by atoms with Gasteiger partial charge < -0.3 is 15.1 Å². The van der Waals surface area contributed by atoms with E-state index >= 15 is 0 Å². The van der Waals surface area contributed by atoms with E-state index in [4.69, 9.17) is 16.0 Å². The molecule has 1 aromatic carbocycles. The van der Waals surface area contributed by atoms with Crippen molar-refractivity contribution in [3.63, 3.8) is 0 Å². The summed E-state index contributed by atoms with van der Waals surface area (Å²) in [5.41, 5.74) is 1.09. The normalized spacial score (nSPS) is 13.1. The highest BCUT2D eigenvalue weighted by molar-refractivity contribution is 14.0. The molecule has 1 heterocycles. The summed E-state index contributed by atoms with van der Waals surface area (Å²) in [7, 11) is 1.74. The molecule has 5 nitrogen and oxygen atoms in total. The topological polar surface area (TPSA) is 62.5 Å². The third-order valence-corrected chi connectivity index (χ3v) is 3.90. The smallest absolute Gasteiger partial charge is 0.213 e. The van der Waals surface area contributed by atoms with E-state index in [9.17, 15) is 0 Å². The van der Waals surface area contributed by atoms with Crippen molar-refractivity contribution in [1.82, 2.24) is 15.6 Å². The zero-order valence-corrected chi connectivity index (χ0v) is 18.3. The highest BCUT2D eigenvalue weighted by Crippen LogP contribution is 2.22. The van der Waals surface area contributed by atoms with Crippen LogP contribution in [0.4, 0.5) is 0 Å². The molecule has 0 saturated heterocycles. The second kappa shape index (κ2) is 9.43. The maximum atomic E-state index is 5.93. The molecule has 0 amide bonds. The summed E-state index contributed by atoms with van der Waals surface area (Å²) in [4.78, 5) is 8.55. The second-order valence-electron chi connectivity index (χ2n) is 6.71. The molecule has 1 aromatic heterocycles. The molecule has 0 fully saturated rings. The first-order chi connectivity index (χ1) is 11.3. The lowest BCUT2D eigenvalue weighted by Crippen LogP contribution is -2.38. The Kier molecular flexibility index (Phi) is 8.21. The lowest BCUT2D eigenvalue weighted by molar-refractivity contribution is 0.379. The standard InChI is InChI=1S/C18H25ClN4O.HI/c1-12(13-6-8-14(19)9-7-13)23-17(20-5)22-11-16-21-10-15(24-16)18(2,3)4;/h6-10,12H,11H2,1-5H3,(H2,20,22,23);1H. The van der Waals surface area contributed by atoms with Crippen molar-refractivity contribution in [2.24, 2.45) is 4.99 Å². The first kappa shape index (κ1) is 21.8. The lowest BCUT2D eigenvalue weighted by Gasteiger charge is -2.18. The highest BCUT2D eigenvalue weighted by atomic mass is 127. The van der Waals surface area contributed by atoms with Gasteiger partial charge in [0.05, 0.1) is 18.8 Å². The van der Waals surface area contributed by atoms with Crippen molar-refractivity contribution in [3.8, 4) is 0 Å². The number of aromatic nitrogens is 1. The summed E-state index contributed by atoms with van der Waals surface area (Å²) in [6.45, 7) is 8.83. The summed E-state index contributed by atoms with van der Waals surface area (Å²) in [6, 6.07) is 7.86. The number of benzene rings is 1. The average Bonchev–Trinajstić information content (AvgIpc) is 3.01. The number of rotatable bonds is 4. The maximum Gasteiger partial charge on any atom is 0.213 e. The van der Waals surface area contributed by atoms with Crippen molar-refractivity contribution < 1.29 is 4.42 Å². The Morgan fingerprint density at radius 1 is 1.28 bits per heavy atom. The van der Waals surface area contributed by atoms with E-state index < -0.39 is 0 Å². The largest absolute Gasteiger partial charge is 0.443 e. The Hall–Kier alpha value is -1.28. The Morgan fingerprint density at radius 3 is 2.44 bits per heavy atom. The molecule has 0 aliphatic rings. The van der Waals surface area contributed by atoms with Crippen LogP contribution in [-0.2, 0) is 12.0 Å². The lowest BCUT2D eigenvalue weighted by atomic mass is 9.94. The molecule has 138 valence electrons. The first-order valence-electron chi connectivity index (χ1n) is 7.97. The number of guanidine groups is 1. The minimum atomic E-state index is -0.0473. The zero-order valence-electron chi connectivity index (χ0n) is 15.3. The van der Waals surface area contributed by atoms with Crippen LogP contribution in [0.5, 0.6) is 0 Å². The molecule has 7 heteroatoms. The fourth-order valence-corrected chi connectivity index (χ4v) is 2.26. The van der Waals surface area contributed by atoms with Crippen LogP contribution in [0, 0.1) is 0 Å². The summed E-state index contributed by atoms with van der Waals surface area (Å²) in [5, 5.41) is 7.28. The van der Waals surface area contributed by atoms with Crippen LogP contribution in [0.2, 0.25) is 5.02 Å². The van der Waals surface area contributed by atoms with Crippen LogP contribution in [0.25, 0.3) is 0 Å². The average molecular weight is 477 g/mol. The summed E-state index contributed by atoms with van der Waals surface area (Å²) in [5.74, 6) is 2.20. The number of oxazole rings is 1. The minimum absolute atomic E-state index is 0. The molecule has 0 aliphatic carbocycles. The SMILES string of the molecule is CN=C(NCc1ncc(C(C)(C)C)o1)NC(C)c1ccc(Cl)cc1.I. The molecular weight excluding hydrogens is 451 g/mol. The van der Waals surface area contributed by atoms with E-state index in [1.807, 2.05) is 24.3 Å². The van der Waals surface area contributed by atoms with E-state index in [1.165, 1.54) is 0 Å². The van der Waals surface area contributed by atoms with Gasteiger partial charge in [0, 0.05) is 17.5 Å². The van der Waals surface area contributed by atoms with E-state index in [0.29, 0.717) is 18.4 Å². The maximum absolute atomic E-state index is 5.93. The van der Waals surface area contributed by atoms with Crippen molar-refractivity contribution in [2.45, 2.75) is 45.7 Å². The van der Waals surface area contributed by atoms with E-state index in [0.717, 1.165) is 16.3 Å². The van der Waals surface area contributed by atoms with Gasteiger partial charge >= 0.3 is 0 Å². The van der Waals surface area contributed by atoms with Gasteiger partial charge in [0.2, 0.25) is 5.89 Å². The Morgan fingerprint density at radius 2 is 1.92 bits per heavy atom. The quantitative estimate of drug-likeness (QED) is 0.382. The molecule has 25 heavy (non-hydrogen) atoms. The highest BCUT2D eigenvalue weighted by Gasteiger charge is 2.19. The van der Waals surface area contributed by atoms with E-state index in [2.05, 4.69) is 48.3 Å². The predicted molar refractivity (Wildman–Crippen MR) is 114 cm³/mol. The van der Waals surface area contributed by atoms with E-state index in [-0.39, 0.29) is 35.4 Å². The molecule has 1 unspecified atom stereocenters. The zero-order chi connectivity index (χ0) is 17.7. The van der Waals surface area contributed by atoms with E-state index in [1.54, 1.807) is 13.2 Å². The number of nitrogens with one attached hydrogen (secondary N) is 2. The van der Waals surface area contributed by atoms with Gasteiger partial charge in [-0.1, -0.05) is 44.5 Å². The molecule has 1 atom stereocenters. The number of aliphatic imine (C=N–C) groups is 1. The van der Waals surface area contributed by atoms with Crippen molar-refractivity contribution in [2.75, 3.05) is 7.05 Å². The number of halogens is 2. The number of nitrogens with zero attached hydrogens (tertiary/aromatic N) is 2. The molecule has 2 aromatic rings. The molecule has 0 aliphatic heterocycles. The van der Waals surface area contributed by atoms with Gasteiger partial charge in [-0.15, -0.1) is 24.0 Å².